The van der Waals surface area contributed by atoms with Crippen molar-refractivity contribution in [1.29, 1.82) is 0 Å². The summed E-state index contributed by atoms with van der Waals surface area (Å²) in [5.41, 5.74) is 0.972. The summed E-state index contributed by atoms with van der Waals surface area (Å²) in [6.45, 7) is 4.49. The first-order chi connectivity index (χ1) is 12.0. The highest BCUT2D eigenvalue weighted by atomic mass is 35.5. The van der Waals surface area contributed by atoms with Crippen LogP contribution in [0.5, 0.6) is 0 Å². The van der Waals surface area contributed by atoms with Gasteiger partial charge in [0.1, 0.15) is 5.82 Å². The molecular formula is C18H20ClF2N3S. The van der Waals surface area contributed by atoms with Crippen LogP contribution in [0, 0.1) is 17.9 Å². The molecule has 2 saturated heterocycles. The molecule has 0 bridgehead atoms. The molecular weight excluding hydrogens is 364 g/mol. The van der Waals surface area contributed by atoms with Gasteiger partial charge in [-0.05, 0) is 63.9 Å². The Hall–Kier alpha value is -1.24. The third-order valence-electron chi connectivity index (χ3n) is 5.42. The minimum atomic E-state index is -0.356. The number of halogens is 3. The summed E-state index contributed by atoms with van der Waals surface area (Å²) in [4.78, 5) is 8.81. The molecule has 0 amide bonds. The fourth-order valence-corrected chi connectivity index (χ4v) is 5.23. The summed E-state index contributed by atoms with van der Waals surface area (Å²) in [5.74, 6) is -0.356. The fourth-order valence-electron chi connectivity index (χ4n) is 4.21. The number of aryl methyl sites for hydroxylation is 1. The molecule has 25 heavy (non-hydrogen) atoms. The third-order valence-corrected chi connectivity index (χ3v) is 6.71. The molecule has 4 rings (SSSR count). The van der Waals surface area contributed by atoms with Gasteiger partial charge in [-0.2, -0.15) is 4.39 Å². The van der Waals surface area contributed by atoms with Crippen LogP contribution in [0.3, 0.4) is 0 Å². The van der Waals surface area contributed by atoms with Crippen LogP contribution < -0.4 is 4.90 Å². The Morgan fingerprint density at radius 2 is 2.00 bits per heavy atom. The first kappa shape index (κ1) is 17.2. The van der Waals surface area contributed by atoms with Crippen molar-refractivity contribution in [2.45, 2.75) is 38.1 Å². The van der Waals surface area contributed by atoms with Crippen LogP contribution in [0.15, 0.2) is 18.2 Å². The van der Waals surface area contributed by atoms with Gasteiger partial charge in [-0.1, -0.05) is 22.9 Å². The van der Waals surface area contributed by atoms with E-state index >= 15 is 0 Å². The van der Waals surface area contributed by atoms with Crippen molar-refractivity contribution in [2.24, 2.45) is 0 Å². The number of fused-ring (bicyclic) bond motifs is 1. The summed E-state index contributed by atoms with van der Waals surface area (Å²) in [6.07, 6.45) is 4.53. The molecule has 2 fully saturated rings. The number of hydrogen-bond acceptors (Lipinski definition) is 4. The molecule has 0 radical (unpaired) electrons. The molecule has 0 saturated carbocycles. The fraction of sp³-hybridized carbons (Fsp3) is 0.500. The smallest absolute Gasteiger partial charge is 0.201 e. The van der Waals surface area contributed by atoms with E-state index in [1.165, 1.54) is 12.1 Å². The standard InChI is InChI=1S/C18H20ClF2N3S/c1-12-16(21)25-17(22-12)24(15-10-13(20)4-5-14(15)19)11-18-6-2-8-23(18)9-3-7-18/h4-5,10H,2-3,6-9,11H2,1H3. The highest BCUT2D eigenvalue weighted by molar-refractivity contribution is 7.14. The third kappa shape index (κ3) is 3.04. The summed E-state index contributed by atoms with van der Waals surface area (Å²) < 4.78 is 27.9. The van der Waals surface area contributed by atoms with Crippen molar-refractivity contribution in [3.63, 3.8) is 0 Å². The number of thiazole rings is 1. The molecule has 0 spiro atoms. The Morgan fingerprint density at radius 3 is 2.64 bits per heavy atom. The van der Waals surface area contributed by atoms with Gasteiger partial charge in [-0.3, -0.25) is 4.90 Å². The molecule has 1 aromatic heterocycles. The number of rotatable bonds is 4. The lowest BCUT2D eigenvalue weighted by atomic mass is 9.93. The molecule has 7 heteroatoms. The second-order valence-electron chi connectivity index (χ2n) is 6.96. The van der Waals surface area contributed by atoms with E-state index in [-0.39, 0.29) is 16.5 Å². The molecule has 0 aliphatic carbocycles. The summed E-state index contributed by atoms with van der Waals surface area (Å²) >= 11 is 7.37. The predicted octanol–water partition coefficient (Wildman–Crippen LogP) is 5.15. The van der Waals surface area contributed by atoms with Crippen LogP contribution in [-0.2, 0) is 0 Å². The van der Waals surface area contributed by atoms with Gasteiger partial charge >= 0.3 is 0 Å². The topological polar surface area (TPSA) is 19.4 Å². The van der Waals surface area contributed by atoms with Crippen LogP contribution in [0.1, 0.15) is 31.4 Å². The van der Waals surface area contributed by atoms with Gasteiger partial charge in [0.05, 0.1) is 16.4 Å². The zero-order valence-electron chi connectivity index (χ0n) is 14.1. The van der Waals surface area contributed by atoms with Gasteiger partial charge in [-0.25, -0.2) is 9.37 Å². The monoisotopic (exact) mass is 383 g/mol. The number of benzene rings is 1. The second kappa shape index (κ2) is 6.49. The van der Waals surface area contributed by atoms with Gasteiger partial charge in [0.25, 0.3) is 0 Å². The average molecular weight is 384 g/mol. The van der Waals surface area contributed by atoms with Gasteiger partial charge < -0.3 is 4.90 Å². The molecule has 3 nitrogen and oxygen atoms in total. The maximum Gasteiger partial charge on any atom is 0.201 e. The van der Waals surface area contributed by atoms with Crippen molar-refractivity contribution in [3.05, 3.63) is 39.9 Å². The van der Waals surface area contributed by atoms with Gasteiger partial charge in [-0.15, -0.1) is 0 Å². The molecule has 2 aromatic rings. The number of anilines is 2. The highest BCUT2D eigenvalue weighted by Gasteiger charge is 2.46. The Bertz CT molecular complexity index is 765. The summed E-state index contributed by atoms with van der Waals surface area (Å²) in [6, 6.07) is 4.31. The molecule has 1 aromatic carbocycles. The van der Waals surface area contributed by atoms with Gasteiger partial charge in [0.2, 0.25) is 5.13 Å². The Balaban J connectivity index is 1.77. The number of hydrogen-bond donors (Lipinski definition) is 0. The van der Waals surface area contributed by atoms with E-state index in [2.05, 4.69) is 9.88 Å². The first-order valence-electron chi connectivity index (χ1n) is 8.59. The maximum atomic E-state index is 14.0. The van der Waals surface area contributed by atoms with Crippen LogP contribution >= 0.6 is 22.9 Å². The Labute approximate surface area is 155 Å². The quantitative estimate of drug-likeness (QED) is 0.727. The van der Waals surface area contributed by atoms with Crippen molar-refractivity contribution in [1.82, 2.24) is 9.88 Å². The zero-order chi connectivity index (χ0) is 17.6. The van der Waals surface area contributed by atoms with Crippen molar-refractivity contribution < 1.29 is 8.78 Å². The number of aromatic nitrogens is 1. The van der Waals surface area contributed by atoms with E-state index in [9.17, 15) is 8.78 Å². The largest absolute Gasteiger partial charge is 0.314 e. The van der Waals surface area contributed by atoms with Crippen molar-refractivity contribution in [3.8, 4) is 0 Å². The van der Waals surface area contributed by atoms with Crippen LogP contribution in [0.4, 0.5) is 19.6 Å². The molecule has 0 N–H and O–H groups in total. The molecule has 0 unspecified atom stereocenters. The minimum absolute atomic E-state index is 0.0473. The number of nitrogens with zero attached hydrogens (tertiary/aromatic N) is 3. The minimum Gasteiger partial charge on any atom is -0.314 e. The lowest BCUT2D eigenvalue weighted by Gasteiger charge is -2.37. The molecule has 134 valence electrons. The van der Waals surface area contributed by atoms with Crippen LogP contribution in [0.25, 0.3) is 0 Å². The molecule has 3 heterocycles. The molecule has 2 aliphatic rings. The molecule has 0 atom stereocenters. The average Bonchev–Trinajstić information content (AvgIpc) is 3.22. The zero-order valence-corrected chi connectivity index (χ0v) is 15.6. The van der Waals surface area contributed by atoms with E-state index in [0.29, 0.717) is 28.1 Å². The lowest BCUT2D eigenvalue weighted by Crippen LogP contribution is -2.47. The predicted molar refractivity (Wildman–Crippen MR) is 98.0 cm³/mol. The van der Waals surface area contributed by atoms with E-state index in [4.69, 9.17) is 11.6 Å². The lowest BCUT2D eigenvalue weighted by molar-refractivity contribution is 0.203. The summed E-state index contributed by atoms with van der Waals surface area (Å²) in [5, 5.41) is 0.684. The van der Waals surface area contributed by atoms with Crippen molar-refractivity contribution >= 4 is 33.8 Å². The van der Waals surface area contributed by atoms with Crippen molar-refractivity contribution in [2.75, 3.05) is 24.5 Å². The SMILES string of the molecule is Cc1nc(N(CC23CCCN2CCC3)c2cc(F)ccc2Cl)sc1F. The van der Waals surface area contributed by atoms with Crippen LogP contribution in [-0.4, -0.2) is 35.1 Å². The van der Waals surface area contributed by atoms with Gasteiger partial charge in [0, 0.05) is 12.1 Å². The Kier molecular flexibility index (Phi) is 4.46. The van der Waals surface area contributed by atoms with Crippen LogP contribution in [0.2, 0.25) is 5.02 Å². The van der Waals surface area contributed by atoms with Gasteiger partial charge in [0.15, 0.2) is 5.13 Å². The maximum absolute atomic E-state index is 14.0. The second-order valence-corrected chi connectivity index (χ2v) is 8.29. The molecule has 2 aliphatic heterocycles. The van der Waals surface area contributed by atoms with E-state index in [1.54, 1.807) is 13.0 Å². The first-order valence-corrected chi connectivity index (χ1v) is 9.79. The Morgan fingerprint density at radius 1 is 1.28 bits per heavy atom. The normalized spacial score (nSPS) is 19.4. The van der Waals surface area contributed by atoms with E-state index < -0.39 is 0 Å². The van der Waals surface area contributed by atoms with E-state index in [1.807, 2.05) is 4.90 Å². The summed E-state index contributed by atoms with van der Waals surface area (Å²) in [7, 11) is 0. The van der Waals surface area contributed by atoms with E-state index in [0.717, 1.165) is 50.1 Å². The highest BCUT2D eigenvalue weighted by Crippen LogP contribution is 2.44.